The van der Waals surface area contributed by atoms with E-state index in [1.807, 2.05) is 49.0 Å². The maximum Gasteiger partial charge on any atom is 0.321 e. The monoisotopic (exact) mass is 360 g/mol. The minimum absolute atomic E-state index is 0.00197. The second-order valence-corrected chi connectivity index (χ2v) is 6.58. The van der Waals surface area contributed by atoms with Crippen molar-refractivity contribution in [1.82, 2.24) is 14.4 Å². The summed E-state index contributed by atoms with van der Waals surface area (Å²) in [5.41, 5.74) is 2.29. The molecule has 1 aromatic heterocycles. The van der Waals surface area contributed by atoms with E-state index in [1.54, 1.807) is 15.9 Å². The van der Waals surface area contributed by atoms with Gasteiger partial charge in [-0.3, -0.25) is 4.79 Å². The molecule has 6 nitrogen and oxygen atoms in total. The molecule has 0 unspecified atom stereocenters. The zero-order chi connectivity index (χ0) is 18.0. The fourth-order valence-electron chi connectivity index (χ4n) is 2.83. The molecular formula is C18H21ClN4O2. The number of benzene rings is 1. The maximum absolute atomic E-state index is 12.5. The number of hydrogen-bond donors (Lipinski definition) is 1. The van der Waals surface area contributed by atoms with Gasteiger partial charge in [0.15, 0.2) is 0 Å². The van der Waals surface area contributed by atoms with Crippen molar-refractivity contribution in [3.05, 3.63) is 52.8 Å². The Balaban J connectivity index is 1.56. The van der Waals surface area contributed by atoms with Crippen LogP contribution in [0, 0.1) is 6.92 Å². The summed E-state index contributed by atoms with van der Waals surface area (Å²) in [7, 11) is 1.85. The second kappa shape index (κ2) is 7.19. The van der Waals surface area contributed by atoms with Crippen molar-refractivity contribution in [2.45, 2.75) is 6.92 Å². The molecule has 0 spiro atoms. The van der Waals surface area contributed by atoms with Gasteiger partial charge in [0, 0.05) is 50.1 Å². The predicted molar refractivity (Wildman–Crippen MR) is 98.1 cm³/mol. The van der Waals surface area contributed by atoms with Gasteiger partial charge in [-0.25, -0.2) is 4.79 Å². The molecule has 1 saturated heterocycles. The summed E-state index contributed by atoms with van der Waals surface area (Å²) in [6, 6.07) is 8.92. The van der Waals surface area contributed by atoms with E-state index in [1.165, 1.54) is 0 Å². The van der Waals surface area contributed by atoms with E-state index in [0.29, 0.717) is 42.6 Å². The number of carbonyl (C=O) groups excluding carboxylic acids is 2. The minimum Gasteiger partial charge on any atom is -0.347 e. The van der Waals surface area contributed by atoms with Crippen LogP contribution in [0.15, 0.2) is 36.5 Å². The van der Waals surface area contributed by atoms with E-state index in [2.05, 4.69) is 5.32 Å². The Kier molecular flexibility index (Phi) is 4.99. The number of piperazine rings is 1. The molecule has 132 valence electrons. The predicted octanol–water partition coefficient (Wildman–Crippen LogP) is 2.98. The first-order chi connectivity index (χ1) is 12.0. The second-order valence-electron chi connectivity index (χ2n) is 6.18. The third kappa shape index (κ3) is 3.79. The summed E-state index contributed by atoms with van der Waals surface area (Å²) in [5.74, 6) is -0.00197. The third-order valence-corrected chi connectivity index (χ3v) is 4.85. The summed E-state index contributed by atoms with van der Waals surface area (Å²) in [6.07, 6.45) is 1.85. The van der Waals surface area contributed by atoms with Crippen molar-refractivity contribution in [3.63, 3.8) is 0 Å². The zero-order valence-corrected chi connectivity index (χ0v) is 15.1. The van der Waals surface area contributed by atoms with E-state index in [0.717, 1.165) is 5.56 Å². The van der Waals surface area contributed by atoms with Crippen molar-refractivity contribution in [1.29, 1.82) is 0 Å². The summed E-state index contributed by atoms with van der Waals surface area (Å²) in [4.78, 5) is 28.4. The van der Waals surface area contributed by atoms with Crippen molar-refractivity contribution >= 4 is 29.2 Å². The zero-order valence-electron chi connectivity index (χ0n) is 14.3. The fourth-order valence-corrected chi connectivity index (χ4v) is 3.01. The third-order valence-electron chi connectivity index (χ3n) is 4.44. The van der Waals surface area contributed by atoms with Gasteiger partial charge in [-0.05, 0) is 36.8 Å². The summed E-state index contributed by atoms with van der Waals surface area (Å²) >= 11 is 6.09. The Labute approximate surface area is 152 Å². The normalized spacial score (nSPS) is 14.5. The molecule has 2 heterocycles. The average Bonchev–Trinajstić information content (AvgIpc) is 3.03. The molecular weight excluding hydrogens is 340 g/mol. The number of amides is 3. The van der Waals surface area contributed by atoms with Crippen LogP contribution in [0.2, 0.25) is 5.02 Å². The number of urea groups is 1. The number of hydrogen-bond acceptors (Lipinski definition) is 2. The van der Waals surface area contributed by atoms with E-state index >= 15 is 0 Å². The number of anilines is 1. The number of nitrogens with one attached hydrogen (secondary N) is 1. The standard InChI is InChI=1S/C18H21ClN4O2/c1-13-5-6-14(12-15(13)19)20-18(25)23-10-8-22(9-11-23)17(24)16-4-3-7-21(16)2/h3-7,12H,8-11H2,1-2H3,(H,20,25). The van der Waals surface area contributed by atoms with Crippen LogP contribution in [0.1, 0.15) is 16.1 Å². The smallest absolute Gasteiger partial charge is 0.321 e. The van der Waals surface area contributed by atoms with Crippen LogP contribution in [0.3, 0.4) is 0 Å². The molecule has 3 amide bonds. The highest BCUT2D eigenvalue weighted by molar-refractivity contribution is 6.31. The van der Waals surface area contributed by atoms with Gasteiger partial charge in [0.25, 0.3) is 5.91 Å². The van der Waals surface area contributed by atoms with Gasteiger partial charge in [-0.2, -0.15) is 0 Å². The van der Waals surface area contributed by atoms with Crippen molar-refractivity contribution in [2.24, 2.45) is 7.05 Å². The van der Waals surface area contributed by atoms with Crippen LogP contribution in [0.5, 0.6) is 0 Å². The van der Waals surface area contributed by atoms with Crippen LogP contribution in [0.4, 0.5) is 10.5 Å². The van der Waals surface area contributed by atoms with E-state index < -0.39 is 0 Å². The van der Waals surface area contributed by atoms with E-state index in [4.69, 9.17) is 11.6 Å². The molecule has 0 aliphatic carbocycles. The Morgan fingerprint density at radius 1 is 1.08 bits per heavy atom. The lowest BCUT2D eigenvalue weighted by Gasteiger charge is -2.34. The van der Waals surface area contributed by atoms with E-state index in [-0.39, 0.29) is 11.9 Å². The summed E-state index contributed by atoms with van der Waals surface area (Å²) in [5, 5.41) is 3.48. The molecule has 0 atom stereocenters. The van der Waals surface area contributed by atoms with Crippen LogP contribution in [0.25, 0.3) is 0 Å². The molecule has 1 N–H and O–H groups in total. The molecule has 1 aliphatic rings. The molecule has 1 fully saturated rings. The van der Waals surface area contributed by atoms with Gasteiger partial charge in [-0.1, -0.05) is 17.7 Å². The molecule has 0 radical (unpaired) electrons. The van der Waals surface area contributed by atoms with E-state index in [9.17, 15) is 9.59 Å². The van der Waals surface area contributed by atoms with Gasteiger partial charge >= 0.3 is 6.03 Å². The van der Waals surface area contributed by atoms with Crippen LogP contribution in [-0.2, 0) is 7.05 Å². The highest BCUT2D eigenvalue weighted by atomic mass is 35.5. The topological polar surface area (TPSA) is 57.6 Å². The number of nitrogens with zero attached hydrogens (tertiary/aromatic N) is 3. The number of carbonyl (C=O) groups is 2. The molecule has 25 heavy (non-hydrogen) atoms. The Morgan fingerprint density at radius 2 is 1.76 bits per heavy atom. The quantitative estimate of drug-likeness (QED) is 0.895. The molecule has 1 aliphatic heterocycles. The average molecular weight is 361 g/mol. The molecule has 7 heteroatoms. The van der Waals surface area contributed by atoms with Gasteiger partial charge in [0.2, 0.25) is 0 Å². The molecule has 0 bridgehead atoms. The Hall–Kier alpha value is -2.47. The Bertz CT molecular complexity index is 794. The minimum atomic E-state index is -0.175. The van der Waals surface area contributed by atoms with Crippen molar-refractivity contribution in [2.75, 3.05) is 31.5 Å². The lowest BCUT2D eigenvalue weighted by atomic mass is 10.2. The Morgan fingerprint density at radius 3 is 2.36 bits per heavy atom. The van der Waals surface area contributed by atoms with Gasteiger partial charge in [0.05, 0.1) is 0 Å². The fraction of sp³-hybridized carbons (Fsp3) is 0.333. The highest BCUT2D eigenvalue weighted by Crippen LogP contribution is 2.20. The lowest BCUT2D eigenvalue weighted by Crippen LogP contribution is -2.51. The molecule has 1 aromatic carbocycles. The number of aryl methyl sites for hydroxylation is 2. The first-order valence-electron chi connectivity index (χ1n) is 8.18. The number of rotatable bonds is 2. The SMILES string of the molecule is Cc1ccc(NC(=O)N2CCN(C(=O)c3cccn3C)CC2)cc1Cl. The summed E-state index contributed by atoms with van der Waals surface area (Å²) in [6.45, 7) is 3.96. The first kappa shape index (κ1) is 17.4. The molecule has 3 rings (SSSR count). The summed E-state index contributed by atoms with van der Waals surface area (Å²) < 4.78 is 1.81. The molecule has 0 saturated carbocycles. The number of aromatic nitrogens is 1. The van der Waals surface area contributed by atoms with Crippen LogP contribution >= 0.6 is 11.6 Å². The van der Waals surface area contributed by atoms with Crippen molar-refractivity contribution < 1.29 is 9.59 Å². The van der Waals surface area contributed by atoms with Gasteiger partial charge < -0.3 is 19.7 Å². The first-order valence-corrected chi connectivity index (χ1v) is 8.56. The van der Waals surface area contributed by atoms with Crippen molar-refractivity contribution in [3.8, 4) is 0 Å². The largest absolute Gasteiger partial charge is 0.347 e. The maximum atomic E-state index is 12.5. The number of halogens is 1. The van der Waals surface area contributed by atoms with Crippen LogP contribution < -0.4 is 5.32 Å². The molecule has 2 aromatic rings. The van der Waals surface area contributed by atoms with Gasteiger partial charge in [0.1, 0.15) is 5.69 Å². The highest BCUT2D eigenvalue weighted by Gasteiger charge is 2.25. The van der Waals surface area contributed by atoms with Gasteiger partial charge in [-0.15, -0.1) is 0 Å². The van der Waals surface area contributed by atoms with Crippen LogP contribution in [-0.4, -0.2) is 52.5 Å². The lowest BCUT2D eigenvalue weighted by molar-refractivity contribution is 0.0662.